The van der Waals surface area contributed by atoms with Crippen molar-refractivity contribution in [1.82, 2.24) is 5.32 Å². The van der Waals surface area contributed by atoms with Crippen molar-refractivity contribution in [1.29, 1.82) is 0 Å². The highest BCUT2D eigenvalue weighted by molar-refractivity contribution is 9.10. The van der Waals surface area contributed by atoms with Gasteiger partial charge in [0.15, 0.2) is 0 Å². The Balaban J connectivity index is 1.44. The fraction of sp³-hybridized carbons (Fsp3) is 0.368. The van der Waals surface area contributed by atoms with Crippen molar-refractivity contribution in [3.63, 3.8) is 0 Å². The van der Waals surface area contributed by atoms with Gasteiger partial charge in [-0.2, -0.15) is 0 Å². The van der Waals surface area contributed by atoms with E-state index in [4.69, 9.17) is 0 Å². The summed E-state index contributed by atoms with van der Waals surface area (Å²) >= 11 is 3.66. The Bertz CT molecular complexity index is 602. The summed E-state index contributed by atoms with van der Waals surface area (Å²) in [5.74, 6) is 0.719. The smallest absolute Gasteiger partial charge is 0.0210 e. The molecule has 1 aliphatic rings. The van der Waals surface area contributed by atoms with Crippen molar-refractivity contribution in [2.75, 3.05) is 6.54 Å². The summed E-state index contributed by atoms with van der Waals surface area (Å²) in [6.07, 6.45) is 3.65. The van der Waals surface area contributed by atoms with Gasteiger partial charge in [0.1, 0.15) is 0 Å². The number of aryl methyl sites for hydroxylation is 1. The minimum atomic E-state index is 0.686. The van der Waals surface area contributed by atoms with Crippen LogP contribution in [0.4, 0.5) is 0 Å². The Morgan fingerprint density at radius 2 is 1.76 bits per heavy atom. The first-order valence-electron chi connectivity index (χ1n) is 7.76. The fourth-order valence-corrected chi connectivity index (χ4v) is 3.75. The van der Waals surface area contributed by atoms with Crippen molar-refractivity contribution < 1.29 is 0 Å². The Labute approximate surface area is 135 Å². The largest absolute Gasteiger partial charge is 0.314 e. The molecular weight excluding hydrogens is 322 g/mol. The molecule has 2 heteroatoms. The quantitative estimate of drug-likeness (QED) is 0.819. The Kier molecular flexibility index (Phi) is 4.77. The predicted molar refractivity (Wildman–Crippen MR) is 92.8 cm³/mol. The summed E-state index contributed by atoms with van der Waals surface area (Å²) in [6.45, 7) is 3.28. The van der Waals surface area contributed by atoms with E-state index in [2.05, 4.69) is 76.7 Å². The fourth-order valence-electron chi connectivity index (χ4n) is 3.15. The van der Waals surface area contributed by atoms with E-state index in [0.717, 1.165) is 18.9 Å². The Hall–Kier alpha value is -1.12. The molecule has 1 N–H and O–H groups in total. The van der Waals surface area contributed by atoms with E-state index < -0.39 is 0 Å². The molecular formula is C19H22BrN. The van der Waals surface area contributed by atoms with Crippen LogP contribution in [-0.4, -0.2) is 12.6 Å². The molecule has 3 rings (SSSR count). The van der Waals surface area contributed by atoms with E-state index in [1.54, 1.807) is 0 Å². The van der Waals surface area contributed by atoms with Crippen LogP contribution in [0.15, 0.2) is 53.0 Å². The first-order valence-corrected chi connectivity index (χ1v) is 8.55. The number of halogens is 1. The van der Waals surface area contributed by atoms with Crippen LogP contribution >= 0.6 is 15.9 Å². The molecule has 1 nitrogen and oxygen atoms in total. The van der Waals surface area contributed by atoms with Gasteiger partial charge in [0.25, 0.3) is 0 Å². The van der Waals surface area contributed by atoms with Crippen molar-refractivity contribution in [3.8, 4) is 0 Å². The van der Waals surface area contributed by atoms with E-state index in [0.29, 0.717) is 6.04 Å². The third kappa shape index (κ3) is 3.56. The van der Waals surface area contributed by atoms with Gasteiger partial charge in [-0.25, -0.2) is 0 Å². The monoisotopic (exact) mass is 343 g/mol. The molecule has 0 aliphatic heterocycles. The first-order chi connectivity index (χ1) is 10.2. The third-order valence-corrected chi connectivity index (χ3v) is 5.29. The number of benzene rings is 2. The van der Waals surface area contributed by atoms with Gasteiger partial charge >= 0.3 is 0 Å². The highest BCUT2D eigenvalue weighted by Gasteiger charge is 2.30. The van der Waals surface area contributed by atoms with Gasteiger partial charge < -0.3 is 5.32 Å². The lowest BCUT2D eigenvalue weighted by Gasteiger charge is -2.37. The Morgan fingerprint density at radius 1 is 1.05 bits per heavy atom. The molecule has 1 aliphatic carbocycles. The molecule has 0 atom stereocenters. The number of rotatable bonds is 5. The summed E-state index contributed by atoms with van der Waals surface area (Å²) in [4.78, 5) is 0. The van der Waals surface area contributed by atoms with Crippen LogP contribution in [0.5, 0.6) is 0 Å². The van der Waals surface area contributed by atoms with E-state index in [1.165, 1.54) is 34.0 Å². The van der Waals surface area contributed by atoms with Crippen LogP contribution in [0.2, 0.25) is 0 Å². The second-order valence-electron chi connectivity index (χ2n) is 6.02. The maximum absolute atomic E-state index is 3.70. The molecule has 0 bridgehead atoms. The molecule has 110 valence electrons. The maximum atomic E-state index is 3.70. The van der Waals surface area contributed by atoms with Gasteiger partial charge in [-0.05, 0) is 61.4 Å². The lowest BCUT2D eigenvalue weighted by Crippen LogP contribution is -2.41. The summed E-state index contributed by atoms with van der Waals surface area (Å²) in [5, 5.41) is 3.70. The standard InChI is InChI=1S/C19H22BrN/c1-14-6-2-3-7-15(14)10-11-21-17-12-16(13-17)18-8-4-5-9-19(18)20/h2-9,16-17,21H,10-13H2,1H3. The Morgan fingerprint density at radius 3 is 2.52 bits per heavy atom. The predicted octanol–water partition coefficient (Wildman–Crippen LogP) is 4.84. The van der Waals surface area contributed by atoms with Gasteiger partial charge in [-0.3, -0.25) is 0 Å². The van der Waals surface area contributed by atoms with Crippen LogP contribution in [0.25, 0.3) is 0 Å². The maximum Gasteiger partial charge on any atom is 0.0210 e. The highest BCUT2D eigenvalue weighted by atomic mass is 79.9. The molecule has 1 fully saturated rings. The van der Waals surface area contributed by atoms with Crippen molar-refractivity contribution in [3.05, 3.63) is 69.7 Å². The summed E-state index contributed by atoms with van der Waals surface area (Å²) in [6, 6.07) is 18.0. The molecule has 0 spiro atoms. The summed E-state index contributed by atoms with van der Waals surface area (Å²) in [5.41, 5.74) is 4.33. The second-order valence-corrected chi connectivity index (χ2v) is 6.87. The molecule has 2 aromatic carbocycles. The summed E-state index contributed by atoms with van der Waals surface area (Å²) < 4.78 is 1.26. The second kappa shape index (κ2) is 6.76. The molecule has 0 aromatic heterocycles. The van der Waals surface area contributed by atoms with Crippen LogP contribution in [0, 0.1) is 6.92 Å². The van der Waals surface area contributed by atoms with Crippen LogP contribution < -0.4 is 5.32 Å². The molecule has 1 saturated carbocycles. The van der Waals surface area contributed by atoms with Gasteiger partial charge in [0.2, 0.25) is 0 Å². The molecule has 21 heavy (non-hydrogen) atoms. The SMILES string of the molecule is Cc1ccccc1CCNC1CC(c2ccccc2Br)C1. The van der Waals surface area contributed by atoms with Gasteiger partial charge in [-0.15, -0.1) is 0 Å². The van der Waals surface area contributed by atoms with E-state index in [9.17, 15) is 0 Å². The van der Waals surface area contributed by atoms with Gasteiger partial charge in [0.05, 0.1) is 0 Å². The zero-order chi connectivity index (χ0) is 14.7. The molecule has 2 aromatic rings. The van der Waals surface area contributed by atoms with Gasteiger partial charge in [0, 0.05) is 10.5 Å². The average molecular weight is 344 g/mol. The highest BCUT2D eigenvalue weighted by Crippen LogP contribution is 2.39. The molecule has 0 saturated heterocycles. The summed E-state index contributed by atoms with van der Waals surface area (Å²) in [7, 11) is 0. The zero-order valence-corrected chi connectivity index (χ0v) is 14.1. The van der Waals surface area contributed by atoms with E-state index in [-0.39, 0.29) is 0 Å². The van der Waals surface area contributed by atoms with Crippen molar-refractivity contribution >= 4 is 15.9 Å². The topological polar surface area (TPSA) is 12.0 Å². The average Bonchev–Trinajstić information content (AvgIpc) is 2.44. The molecule has 0 radical (unpaired) electrons. The van der Waals surface area contributed by atoms with E-state index in [1.807, 2.05) is 0 Å². The minimum Gasteiger partial charge on any atom is -0.314 e. The number of hydrogen-bond acceptors (Lipinski definition) is 1. The lowest BCUT2D eigenvalue weighted by atomic mass is 9.76. The number of hydrogen-bond donors (Lipinski definition) is 1. The molecule has 0 amide bonds. The molecule has 0 unspecified atom stereocenters. The minimum absolute atomic E-state index is 0.686. The zero-order valence-electron chi connectivity index (χ0n) is 12.5. The van der Waals surface area contributed by atoms with Crippen molar-refractivity contribution in [2.24, 2.45) is 0 Å². The van der Waals surface area contributed by atoms with Crippen LogP contribution in [0.3, 0.4) is 0 Å². The van der Waals surface area contributed by atoms with Crippen LogP contribution in [-0.2, 0) is 6.42 Å². The normalized spacial score (nSPS) is 21.0. The first kappa shape index (κ1) is 14.8. The lowest BCUT2D eigenvalue weighted by molar-refractivity contribution is 0.292. The number of nitrogens with one attached hydrogen (secondary N) is 1. The van der Waals surface area contributed by atoms with Crippen molar-refractivity contribution in [2.45, 2.75) is 38.1 Å². The third-order valence-electron chi connectivity index (χ3n) is 4.57. The molecule has 0 heterocycles. The van der Waals surface area contributed by atoms with Crippen LogP contribution in [0.1, 0.15) is 35.4 Å². The van der Waals surface area contributed by atoms with Gasteiger partial charge in [-0.1, -0.05) is 58.4 Å². The van der Waals surface area contributed by atoms with E-state index >= 15 is 0 Å².